The van der Waals surface area contributed by atoms with Crippen molar-refractivity contribution in [3.05, 3.63) is 65.0 Å². The van der Waals surface area contributed by atoms with Gasteiger partial charge in [0.1, 0.15) is 5.82 Å². The fourth-order valence-electron chi connectivity index (χ4n) is 3.90. The quantitative estimate of drug-likeness (QED) is 0.787. The first-order valence-electron chi connectivity index (χ1n) is 9.09. The van der Waals surface area contributed by atoms with Crippen molar-refractivity contribution < 1.29 is 12.8 Å². The molecule has 0 amide bonds. The zero-order chi connectivity index (χ0) is 19.8. The Bertz CT molecular complexity index is 890. The lowest BCUT2D eigenvalue weighted by Gasteiger charge is -2.25. The van der Waals surface area contributed by atoms with Gasteiger partial charge in [-0.1, -0.05) is 24.3 Å². The van der Waals surface area contributed by atoms with E-state index in [0.717, 1.165) is 29.8 Å². The monoisotopic (exact) mass is 390 g/mol. The topological polar surface area (TPSA) is 40.6 Å². The SMILES string of the molecule is Cc1cccc(F)c1CN1C[C@@H](N(C)C)[C@H](c2ccc(S(C)(=O)=O)cc2)C1. The summed E-state index contributed by atoms with van der Waals surface area (Å²) >= 11 is 0. The van der Waals surface area contributed by atoms with Crippen molar-refractivity contribution in [2.24, 2.45) is 0 Å². The first kappa shape index (κ1) is 20.0. The van der Waals surface area contributed by atoms with Gasteiger partial charge in [-0.3, -0.25) is 4.90 Å². The molecular weight excluding hydrogens is 363 g/mol. The van der Waals surface area contributed by atoms with Crippen LogP contribution in [0.25, 0.3) is 0 Å². The second-order valence-corrected chi connectivity index (χ2v) is 9.72. The van der Waals surface area contributed by atoms with Gasteiger partial charge < -0.3 is 4.90 Å². The minimum absolute atomic E-state index is 0.155. The molecule has 3 rings (SSSR count). The molecule has 0 spiro atoms. The van der Waals surface area contributed by atoms with Gasteiger partial charge in [-0.25, -0.2) is 12.8 Å². The Morgan fingerprint density at radius 2 is 1.78 bits per heavy atom. The number of likely N-dealkylation sites (tertiary alicyclic amines) is 1. The van der Waals surface area contributed by atoms with E-state index in [2.05, 4.69) is 23.9 Å². The maximum atomic E-state index is 14.2. The highest BCUT2D eigenvalue weighted by molar-refractivity contribution is 7.90. The molecule has 1 fully saturated rings. The highest BCUT2D eigenvalue weighted by Gasteiger charge is 2.35. The Hall–Kier alpha value is -1.76. The largest absolute Gasteiger partial charge is 0.305 e. The number of hydrogen-bond donors (Lipinski definition) is 0. The predicted molar refractivity (Wildman–Crippen MR) is 106 cm³/mol. The van der Waals surface area contributed by atoms with Crippen LogP contribution in [0.15, 0.2) is 47.4 Å². The normalized spacial score (nSPS) is 21.1. The summed E-state index contributed by atoms with van der Waals surface area (Å²) in [5, 5.41) is 0. The van der Waals surface area contributed by atoms with Crippen molar-refractivity contribution in [3.63, 3.8) is 0 Å². The molecule has 6 heteroatoms. The molecule has 0 N–H and O–H groups in total. The van der Waals surface area contributed by atoms with Crippen molar-refractivity contribution >= 4 is 9.84 Å². The molecule has 0 saturated carbocycles. The van der Waals surface area contributed by atoms with Crippen LogP contribution in [-0.2, 0) is 16.4 Å². The molecule has 27 heavy (non-hydrogen) atoms. The molecule has 2 aromatic rings. The van der Waals surface area contributed by atoms with Crippen molar-refractivity contribution in [2.45, 2.75) is 30.3 Å². The average molecular weight is 391 g/mol. The summed E-state index contributed by atoms with van der Waals surface area (Å²) in [6.45, 7) is 4.19. The number of nitrogens with zero attached hydrogens (tertiary/aromatic N) is 2. The van der Waals surface area contributed by atoms with Crippen LogP contribution in [0.1, 0.15) is 22.6 Å². The summed E-state index contributed by atoms with van der Waals surface area (Å²) in [6, 6.07) is 12.7. The van der Waals surface area contributed by atoms with Gasteiger partial charge in [0, 0.05) is 43.4 Å². The van der Waals surface area contributed by atoms with E-state index in [1.807, 2.05) is 25.1 Å². The summed E-state index contributed by atoms with van der Waals surface area (Å²) in [4.78, 5) is 4.82. The Morgan fingerprint density at radius 3 is 2.33 bits per heavy atom. The standard InChI is InChI=1S/C21H27FN2O2S/c1-15-6-5-7-20(22)18(15)12-24-13-19(21(14-24)23(2)3)16-8-10-17(11-9-16)27(4,25)26/h5-11,19,21H,12-14H2,1-4H3/t19-,21+/m0/s1. The number of aryl methyl sites for hydroxylation is 1. The molecule has 2 aromatic carbocycles. The minimum atomic E-state index is -3.20. The van der Waals surface area contributed by atoms with Gasteiger partial charge >= 0.3 is 0 Å². The smallest absolute Gasteiger partial charge is 0.175 e. The Kier molecular flexibility index (Phi) is 5.70. The van der Waals surface area contributed by atoms with E-state index in [4.69, 9.17) is 0 Å². The van der Waals surface area contributed by atoms with Gasteiger partial charge in [0.05, 0.1) is 4.90 Å². The van der Waals surface area contributed by atoms with Crippen LogP contribution in [0.3, 0.4) is 0 Å². The molecule has 0 aliphatic carbocycles. The average Bonchev–Trinajstić information content (AvgIpc) is 3.02. The van der Waals surface area contributed by atoms with E-state index >= 15 is 0 Å². The van der Waals surface area contributed by atoms with Crippen LogP contribution >= 0.6 is 0 Å². The number of hydrogen-bond acceptors (Lipinski definition) is 4. The zero-order valence-corrected chi connectivity index (χ0v) is 17.1. The van der Waals surface area contributed by atoms with Crippen LogP contribution in [0, 0.1) is 12.7 Å². The molecule has 1 heterocycles. The molecule has 146 valence electrons. The Morgan fingerprint density at radius 1 is 1.11 bits per heavy atom. The van der Waals surface area contributed by atoms with Crippen molar-refractivity contribution in [1.82, 2.24) is 9.80 Å². The van der Waals surface area contributed by atoms with E-state index in [-0.39, 0.29) is 11.7 Å². The minimum Gasteiger partial charge on any atom is -0.305 e. The van der Waals surface area contributed by atoms with E-state index in [0.29, 0.717) is 17.5 Å². The highest BCUT2D eigenvalue weighted by Crippen LogP contribution is 2.32. The molecule has 1 saturated heterocycles. The van der Waals surface area contributed by atoms with Crippen LogP contribution in [0.2, 0.25) is 0 Å². The van der Waals surface area contributed by atoms with Crippen LogP contribution in [-0.4, -0.2) is 57.7 Å². The number of likely N-dealkylation sites (N-methyl/N-ethyl adjacent to an activating group) is 1. The molecule has 0 aromatic heterocycles. The number of benzene rings is 2. The number of rotatable bonds is 5. The molecule has 1 aliphatic heterocycles. The maximum absolute atomic E-state index is 14.2. The van der Waals surface area contributed by atoms with Gasteiger partial charge in [-0.15, -0.1) is 0 Å². The first-order valence-corrected chi connectivity index (χ1v) is 11.0. The molecule has 0 radical (unpaired) electrons. The Labute approximate surface area is 161 Å². The molecule has 0 unspecified atom stereocenters. The van der Waals surface area contributed by atoms with Crippen molar-refractivity contribution in [3.8, 4) is 0 Å². The molecule has 4 nitrogen and oxygen atoms in total. The summed E-state index contributed by atoms with van der Waals surface area (Å²) in [5.74, 6) is 0.0954. The zero-order valence-electron chi connectivity index (χ0n) is 16.3. The predicted octanol–water partition coefficient (Wildman–Crippen LogP) is 3.07. The number of sulfone groups is 1. The van der Waals surface area contributed by atoms with Crippen LogP contribution in [0.4, 0.5) is 4.39 Å². The van der Waals surface area contributed by atoms with Gasteiger partial charge in [-0.2, -0.15) is 0 Å². The van der Waals surface area contributed by atoms with E-state index in [9.17, 15) is 12.8 Å². The van der Waals surface area contributed by atoms with Gasteiger partial charge in [0.25, 0.3) is 0 Å². The molecular formula is C21H27FN2O2S. The lowest BCUT2D eigenvalue weighted by molar-refractivity contribution is 0.258. The van der Waals surface area contributed by atoms with E-state index < -0.39 is 9.84 Å². The summed E-state index contributed by atoms with van der Waals surface area (Å²) < 4.78 is 37.7. The van der Waals surface area contributed by atoms with E-state index in [1.165, 1.54) is 12.3 Å². The molecule has 1 aliphatic rings. The molecule has 0 bridgehead atoms. The summed E-state index contributed by atoms with van der Waals surface area (Å²) in [7, 11) is 0.915. The number of halogens is 1. The van der Waals surface area contributed by atoms with Crippen LogP contribution < -0.4 is 0 Å². The summed E-state index contributed by atoms with van der Waals surface area (Å²) in [6.07, 6.45) is 1.22. The summed E-state index contributed by atoms with van der Waals surface area (Å²) in [5.41, 5.74) is 2.84. The Balaban J connectivity index is 1.83. The third-order valence-corrected chi connectivity index (χ3v) is 6.63. The first-order chi connectivity index (χ1) is 12.7. The van der Waals surface area contributed by atoms with Gasteiger partial charge in [0.15, 0.2) is 9.84 Å². The van der Waals surface area contributed by atoms with Crippen LogP contribution in [0.5, 0.6) is 0 Å². The maximum Gasteiger partial charge on any atom is 0.175 e. The lowest BCUT2D eigenvalue weighted by atomic mass is 9.94. The third kappa shape index (κ3) is 4.39. The lowest BCUT2D eigenvalue weighted by Crippen LogP contribution is -2.34. The highest BCUT2D eigenvalue weighted by atomic mass is 32.2. The fraction of sp³-hybridized carbons (Fsp3) is 0.429. The van der Waals surface area contributed by atoms with Crippen molar-refractivity contribution in [2.75, 3.05) is 33.4 Å². The fourth-order valence-corrected chi connectivity index (χ4v) is 4.53. The van der Waals surface area contributed by atoms with E-state index in [1.54, 1.807) is 18.2 Å². The van der Waals surface area contributed by atoms with Crippen molar-refractivity contribution in [1.29, 1.82) is 0 Å². The van der Waals surface area contributed by atoms with Gasteiger partial charge in [-0.05, 0) is 50.3 Å². The molecule has 2 atom stereocenters. The van der Waals surface area contributed by atoms with Gasteiger partial charge in [0.2, 0.25) is 0 Å². The second-order valence-electron chi connectivity index (χ2n) is 7.71. The second kappa shape index (κ2) is 7.70. The third-order valence-electron chi connectivity index (χ3n) is 5.50.